The van der Waals surface area contributed by atoms with Crippen molar-refractivity contribution >= 4 is 27.9 Å². The van der Waals surface area contributed by atoms with E-state index in [0.717, 1.165) is 11.8 Å². The lowest BCUT2D eigenvalue weighted by atomic mass is 10.2. The maximum atomic E-state index is 12.7. The van der Waals surface area contributed by atoms with Crippen LogP contribution < -0.4 is 20.1 Å². The van der Waals surface area contributed by atoms with Crippen LogP contribution in [0.3, 0.4) is 0 Å². The molecule has 3 aromatic rings. The quantitative estimate of drug-likeness (QED) is 0.348. The summed E-state index contributed by atoms with van der Waals surface area (Å²) in [5.74, 6) is -1.50. The second kappa shape index (κ2) is 12.4. The number of aromatic nitrogens is 1. The number of hydrogen-bond acceptors (Lipinski definition) is 8. The Morgan fingerprint density at radius 3 is 2.36 bits per heavy atom. The number of pyridine rings is 1. The smallest absolute Gasteiger partial charge is 0.391 e. The van der Waals surface area contributed by atoms with Gasteiger partial charge in [0.1, 0.15) is 0 Å². The van der Waals surface area contributed by atoms with Gasteiger partial charge in [-0.05, 0) is 29.8 Å². The van der Waals surface area contributed by atoms with Crippen molar-refractivity contribution in [2.24, 2.45) is 0 Å². The fraction of sp³-hybridized carbons (Fsp3) is 0.167. The highest BCUT2D eigenvalue weighted by Crippen LogP contribution is 2.14. The van der Waals surface area contributed by atoms with Gasteiger partial charge in [-0.3, -0.25) is 9.59 Å². The van der Waals surface area contributed by atoms with E-state index in [1.54, 1.807) is 0 Å². The molecule has 0 aliphatic rings. The fourth-order valence-electron chi connectivity index (χ4n) is 2.89. The molecule has 0 aliphatic heterocycles. The van der Waals surface area contributed by atoms with Crippen molar-refractivity contribution in [1.82, 2.24) is 20.3 Å². The molecule has 0 unspecified atom stereocenters. The molecule has 1 aromatic heterocycles. The van der Waals surface area contributed by atoms with Crippen LogP contribution in [0.25, 0.3) is 0 Å². The van der Waals surface area contributed by atoms with Crippen molar-refractivity contribution in [3.8, 4) is 5.88 Å². The highest BCUT2D eigenvalue weighted by molar-refractivity contribution is 7.90. The van der Waals surface area contributed by atoms with Gasteiger partial charge in [0.15, 0.2) is 0 Å². The summed E-state index contributed by atoms with van der Waals surface area (Å²) in [5.41, 5.74) is 0.925. The summed E-state index contributed by atoms with van der Waals surface area (Å²) < 4.78 is 37.2. The number of methoxy groups -OCH3 is 1. The molecule has 0 atom stereocenters. The zero-order chi connectivity index (χ0) is 26.0. The molecule has 12 heteroatoms. The van der Waals surface area contributed by atoms with E-state index in [4.69, 9.17) is 9.47 Å². The van der Waals surface area contributed by atoms with E-state index in [9.17, 15) is 22.8 Å². The highest BCUT2D eigenvalue weighted by atomic mass is 32.2. The summed E-state index contributed by atoms with van der Waals surface area (Å²) in [5, 5.41) is 5.15. The first-order valence-corrected chi connectivity index (χ1v) is 12.2. The molecule has 3 rings (SSSR count). The summed E-state index contributed by atoms with van der Waals surface area (Å²) >= 11 is 0. The number of nitrogens with zero attached hydrogens (tertiary/aromatic N) is 1. The third kappa shape index (κ3) is 7.61. The fourth-order valence-corrected chi connectivity index (χ4v) is 3.91. The Balaban J connectivity index is 1.61. The Morgan fingerprint density at radius 2 is 1.67 bits per heavy atom. The van der Waals surface area contributed by atoms with Gasteiger partial charge in [0, 0.05) is 38.0 Å². The van der Waals surface area contributed by atoms with Crippen LogP contribution >= 0.6 is 0 Å². The highest BCUT2D eigenvalue weighted by Gasteiger charge is 2.20. The van der Waals surface area contributed by atoms with E-state index in [2.05, 4.69) is 15.6 Å². The monoisotopic (exact) mass is 512 g/mol. The van der Waals surface area contributed by atoms with Crippen LogP contribution in [0.4, 0.5) is 4.79 Å². The van der Waals surface area contributed by atoms with Crippen molar-refractivity contribution in [2.45, 2.75) is 11.4 Å². The lowest BCUT2D eigenvalue weighted by Crippen LogP contribution is -2.31. The zero-order valence-electron chi connectivity index (χ0n) is 19.3. The first-order valence-electron chi connectivity index (χ1n) is 10.7. The van der Waals surface area contributed by atoms with E-state index in [1.807, 2.05) is 35.1 Å². The molecular formula is C24H24N4O7S. The van der Waals surface area contributed by atoms with Crippen molar-refractivity contribution in [2.75, 3.05) is 20.3 Å². The predicted molar refractivity (Wildman–Crippen MR) is 129 cm³/mol. The van der Waals surface area contributed by atoms with Gasteiger partial charge in [-0.25, -0.2) is 22.9 Å². The Labute approximate surface area is 207 Å². The molecule has 3 amide bonds. The van der Waals surface area contributed by atoms with Crippen molar-refractivity contribution in [3.63, 3.8) is 0 Å². The number of hydrogen-bond donors (Lipinski definition) is 3. The molecule has 0 saturated carbocycles. The number of benzene rings is 2. The Hall–Kier alpha value is -4.29. The zero-order valence-corrected chi connectivity index (χ0v) is 20.1. The van der Waals surface area contributed by atoms with Crippen molar-refractivity contribution < 1.29 is 32.3 Å². The van der Waals surface area contributed by atoms with Crippen LogP contribution in [0.15, 0.2) is 77.8 Å². The van der Waals surface area contributed by atoms with Crippen molar-refractivity contribution in [3.05, 3.63) is 89.6 Å². The Morgan fingerprint density at radius 1 is 0.889 bits per heavy atom. The lowest BCUT2D eigenvalue weighted by molar-refractivity contribution is 0.0949. The second-order valence-electron chi connectivity index (χ2n) is 7.32. The van der Waals surface area contributed by atoms with E-state index in [0.29, 0.717) is 6.61 Å². The number of carbonyl (C=O) groups excluding carboxylic acids is 3. The summed E-state index contributed by atoms with van der Waals surface area (Å²) in [7, 11) is -2.80. The third-order valence-electron chi connectivity index (χ3n) is 4.70. The standard InChI is InChI=1S/C24H24N4O7S/c1-34-13-12-25-24(31)35-21-11-10-19(16-26-21)23(30)28-36(32,33)20-9-5-8-18(14-20)22(29)27-15-17-6-3-2-4-7-17/h2-11,14,16H,12-13,15H2,1H3,(H,25,31)(H,27,29)(H,28,30). The molecule has 3 N–H and O–H groups in total. The summed E-state index contributed by atoms with van der Waals surface area (Å²) in [6.45, 7) is 0.815. The Bertz CT molecular complexity index is 1310. The van der Waals surface area contributed by atoms with Gasteiger partial charge in [0.05, 0.1) is 17.1 Å². The van der Waals surface area contributed by atoms with Crippen LogP contribution in [0.1, 0.15) is 26.3 Å². The molecule has 36 heavy (non-hydrogen) atoms. The minimum atomic E-state index is -4.29. The van der Waals surface area contributed by atoms with Gasteiger partial charge in [0.2, 0.25) is 5.88 Å². The van der Waals surface area contributed by atoms with Crippen LogP contribution in [0.5, 0.6) is 5.88 Å². The molecule has 0 bridgehead atoms. The number of sulfonamides is 1. The second-order valence-corrected chi connectivity index (χ2v) is 9.01. The van der Waals surface area contributed by atoms with Crippen molar-refractivity contribution in [1.29, 1.82) is 0 Å². The topological polar surface area (TPSA) is 153 Å². The minimum Gasteiger partial charge on any atom is -0.391 e. The van der Waals surface area contributed by atoms with Crippen LogP contribution in [-0.4, -0.2) is 51.6 Å². The van der Waals surface area contributed by atoms with Gasteiger partial charge in [-0.15, -0.1) is 0 Å². The number of amides is 3. The Kier molecular flexibility index (Phi) is 9.08. The molecule has 11 nitrogen and oxygen atoms in total. The SMILES string of the molecule is COCCNC(=O)Oc1ccc(C(=O)NS(=O)(=O)c2cccc(C(=O)NCc3ccccc3)c2)cn1. The van der Waals surface area contributed by atoms with E-state index < -0.39 is 27.9 Å². The molecule has 1 heterocycles. The van der Waals surface area contributed by atoms with E-state index >= 15 is 0 Å². The lowest BCUT2D eigenvalue weighted by Gasteiger charge is -2.10. The number of nitrogens with one attached hydrogen (secondary N) is 3. The number of ether oxygens (including phenoxy) is 2. The van der Waals surface area contributed by atoms with Crippen LogP contribution in [0.2, 0.25) is 0 Å². The largest absolute Gasteiger partial charge is 0.414 e. The minimum absolute atomic E-state index is 0.0810. The van der Waals surface area contributed by atoms with Gasteiger partial charge in [0.25, 0.3) is 21.8 Å². The van der Waals surface area contributed by atoms with Gasteiger partial charge in [-0.2, -0.15) is 0 Å². The molecule has 2 aromatic carbocycles. The van der Waals surface area contributed by atoms with Gasteiger partial charge in [-0.1, -0.05) is 36.4 Å². The van der Waals surface area contributed by atoms with Gasteiger partial charge >= 0.3 is 6.09 Å². The molecule has 0 spiro atoms. The molecule has 188 valence electrons. The molecule has 0 aliphatic carbocycles. The van der Waals surface area contributed by atoms with Crippen LogP contribution in [0, 0.1) is 0 Å². The molecule has 0 radical (unpaired) electrons. The summed E-state index contributed by atoms with van der Waals surface area (Å²) in [6.07, 6.45) is 0.308. The molecular weight excluding hydrogens is 488 g/mol. The van der Waals surface area contributed by atoms with E-state index in [1.165, 1.54) is 43.5 Å². The summed E-state index contributed by atoms with van der Waals surface area (Å²) in [4.78, 5) is 40.1. The maximum Gasteiger partial charge on any atom is 0.414 e. The number of carbonyl (C=O) groups is 3. The molecule has 0 fully saturated rings. The third-order valence-corrected chi connectivity index (χ3v) is 6.03. The summed E-state index contributed by atoms with van der Waals surface area (Å²) in [6, 6.07) is 17.0. The first-order chi connectivity index (χ1) is 17.3. The average molecular weight is 513 g/mol. The average Bonchev–Trinajstić information content (AvgIpc) is 2.88. The molecule has 0 saturated heterocycles. The normalized spacial score (nSPS) is 10.8. The number of rotatable bonds is 10. The first kappa shape index (κ1) is 26.3. The van der Waals surface area contributed by atoms with Crippen LogP contribution in [-0.2, 0) is 21.3 Å². The predicted octanol–water partition coefficient (Wildman–Crippen LogP) is 1.87. The van der Waals surface area contributed by atoms with E-state index in [-0.39, 0.29) is 35.0 Å². The maximum absolute atomic E-state index is 12.7. The van der Waals surface area contributed by atoms with Gasteiger partial charge < -0.3 is 20.1 Å².